The lowest BCUT2D eigenvalue weighted by Gasteiger charge is -2.13. The first-order valence-corrected chi connectivity index (χ1v) is 10.3. The van der Waals surface area contributed by atoms with E-state index in [2.05, 4.69) is 39.9 Å². The minimum atomic E-state index is 0.597. The van der Waals surface area contributed by atoms with E-state index in [1.165, 1.54) is 10.3 Å². The molecule has 4 aromatic rings. The van der Waals surface area contributed by atoms with Crippen LogP contribution in [0.5, 0.6) is 11.5 Å². The zero-order valence-corrected chi connectivity index (χ0v) is 17.3. The Morgan fingerprint density at radius 2 is 1.83 bits per heavy atom. The third-order valence-corrected chi connectivity index (χ3v) is 5.38. The molecule has 0 bridgehead atoms. The molecule has 148 valence electrons. The van der Waals surface area contributed by atoms with Crippen LogP contribution in [0, 0.1) is 0 Å². The van der Waals surface area contributed by atoms with E-state index in [1.807, 2.05) is 49.4 Å². The summed E-state index contributed by atoms with van der Waals surface area (Å²) in [6.07, 6.45) is 0. The second-order valence-corrected chi connectivity index (χ2v) is 7.49. The molecule has 0 amide bonds. The maximum absolute atomic E-state index is 5.65. The van der Waals surface area contributed by atoms with Crippen LogP contribution in [-0.2, 0) is 6.54 Å². The summed E-state index contributed by atoms with van der Waals surface area (Å²) in [5, 5.41) is 7.76. The van der Waals surface area contributed by atoms with Gasteiger partial charge in [0.1, 0.15) is 0 Å². The smallest absolute Gasteiger partial charge is 0.188 e. The van der Waals surface area contributed by atoms with Gasteiger partial charge in [0.25, 0.3) is 0 Å². The van der Waals surface area contributed by atoms with Crippen molar-refractivity contribution in [2.24, 2.45) is 0 Å². The lowest BCUT2D eigenvalue weighted by molar-refractivity contribution is 0.311. The van der Waals surface area contributed by atoms with Gasteiger partial charge in [-0.15, -0.1) is 0 Å². The summed E-state index contributed by atoms with van der Waals surface area (Å²) in [6, 6.07) is 22.4. The highest BCUT2D eigenvalue weighted by molar-refractivity contribution is 7.22. The van der Waals surface area contributed by atoms with Crippen LogP contribution in [0.1, 0.15) is 12.5 Å². The third-order valence-electron chi connectivity index (χ3n) is 4.43. The molecule has 6 heteroatoms. The molecule has 0 fully saturated rings. The molecule has 5 nitrogen and oxygen atoms in total. The van der Waals surface area contributed by atoms with E-state index in [-0.39, 0.29) is 0 Å². The summed E-state index contributed by atoms with van der Waals surface area (Å²) in [6.45, 7) is 3.26. The Labute approximate surface area is 174 Å². The highest BCUT2D eigenvalue weighted by Crippen LogP contribution is 2.31. The van der Waals surface area contributed by atoms with Gasteiger partial charge in [0, 0.05) is 24.0 Å². The molecule has 0 radical (unpaired) electrons. The number of anilines is 3. The van der Waals surface area contributed by atoms with Crippen LogP contribution in [-0.4, -0.2) is 18.7 Å². The Morgan fingerprint density at radius 1 is 0.931 bits per heavy atom. The second-order valence-electron chi connectivity index (χ2n) is 6.46. The number of nitrogens with one attached hydrogen (secondary N) is 2. The molecule has 0 unspecified atom stereocenters. The van der Waals surface area contributed by atoms with Gasteiger partial charge in [-0.1, -0.05) is 35.6 Å². The topological polar surface area (TPSA) is 55.4 Å². The molecule has 3 aromatic carbocycles. The Morgan fingerprint density at radius 3 is 2.66 bits per heavy atom. The Hall–Kier alpha value is -3.25. The minimum absolute atomic E-state index is 0.597. The highest BCUT2D eigenvalue weighted by Gasteiger charge is 2.06. The van der Waals surface area contributed by atoms with Crippen LogP contribution in [0.3, 0.4) is 0 Å². The zero-order valence-electron chi connectivity index (χ0n) is 16.4. The van der Waals surface area contributed by atoms with Crippen LogP contribution >= 0.6 is 11.3 Å². The van der Waals surface area contributed by atoms with Crippen molar-refractivity contribution in [1.82, 2.24) is 4.98 Å². The van der Waals surface area contributed by atoms with E-state index in [0.717, 1.165) is 33.5 Å². The summed E-state index contributed by atoms with van der Waals surface area (Å²) in [7, 11) is 1.65. The Bertz CT molecular complexity index is 1080. The van der Waals surface area contributed by atoms with E-state index < -0.39 is 0 Å². The van der Waals surface area contributed by atoms with Gasteiger partial charge in [0.15, 0.2) is 16.6 Å². The molecular formula is C23H23N3O2S. The first-order chi connectivity index (χ1) is 14.2. The first kappa shape index (κ1) is 19.1. The quantitative estimate of drug-likeness (QED) is 0.373. The number of hydrogen-bond donors (Lipinski definition) is 2. The molecule has 4 rings (SSSR count). The summed E-state index contributed by atoms with van der Waals surface area (Å²) in [5.41, 5.74) is 4.19. The zero-order chi connectivity index (χ0) is 20.1. The van der Waals surface area contributed by atoms with Crippen LogP contribution in [0.15, 0.2) is 66.7 Å². The number of benzene rings is 3. The molecule has 0 spiro atoms. The average Bonchev–Trinajstić information content (AvgIpc) is 3.15. The molecule has 0 aliphatic heterocycles. The lowest BCUT2D eigenvalue weighted by atomic mass is 10.2. The summed E-state index contributed by atoms with van der Waals surface area (Å²) < 4.78 is 12.2. The van der Waals surface area contributed by atoms with Crippen molar-refractivity contribution >= 4 is 38.1 Å². The summed E-state index contributed by atoms with van der Waals surface area (Å²) in [5.74, 6) is 1.48. The standard InChI is InChI=1S/C23H23N3O2S/c1-3-28-21-14-17(11-12-20(21)27-2)24-15-16-7-6-8-18(13-16)25-23-26-19-9-4-5-10-22(19)29-23/h4-14,24H,3,15H2,1-2H3,(H,25,26). The van der Waals surface area contributed by atoms with E-state index in [4.69, 9.17) is 9.47 Å². The van der Waals surface area contributed by atoms with Gasteiger partial charge in [-0.25, -0.2) is 4.98 Å². The number of methoxy groups -OCH3 is 1. The summed E-state index contributed by atoms with van der Waals surface area (Å²) in [4.78, 5) is 4.64. The van der Waals surface area contributed by atoms with E-state index in [9.17, 15) is 0 Å². The monoisotopic (exact) mass is 405 g/mol. The van der Waals surface area contributed by atoms with Crippen LogP contribution in [0.25, 0.3) is 10.2 Å². The van der Waals surface area contributed by atoms with Crippen molar-refractivity contribution in [3.63, 3.8) is 0 Å². The second kappa shape index (κ2) is 8.84. The first-order valence-electron chi connectivity index (χ1n) is 9.51. The van der Waals surface area contributed by atoms with E-state index >= 15 is 0 Å². The maximum Gasteiger partial charge on any atom is 0.188 e. The number of thiazole rings is 1. The van der Waals surface area contributed by atoms with Gasteiger partial charge in [-0.2, -0.15) is 0 Å². The molecule has 2 N–H and O–H groups in total. The van der Waals surface area contributed by atoms with Crippen molar-refractivity contribution in [1.29, 1.82) is 0 Å². The third kappa shape index (κ3) is 4.60. The van der Waals surface area contributed by atoms with Gasteiger partial charge in [0.05, 0.1) is 23.9 Å². The molecule has 1 aromatic heterocycles. The number of rotatable bonds is 8. The van der Waals surface area contributed by atoms with Gasteiger partial charge in [-0.05, 0) is 48.9 Å². The largest absolute Gasteiger partial charge is 0.493 e. The van der Waals surface area contributed by atoms with Crippen LogP contribution in [0.4, 0.5) is 16.5 Å². The Balaban J connectivity index is 1.44. The predicted octanol–water partition coefficient (Wildman–Crippen LogP) is 6.06. The fourth-order valence-electron chi connectivity index (χ4n) is 3.07. The van der Waals surface area contributed by atoms with Gasteiger partial charge in [0.2, 0.25) is 0 Å². The number of nitrogens with zero attached hydrogens (tertiary/aromatic N) is 1. The highest BCUT2D eigenvalue weighted by atomic mass is 32.1. The lowest BCUT2D eigenvalue weighted by Crippen LogP contribution is -2.02. The van der Waals surface area contributed by atoms with E-state index in [1.54, 1.807) is 18.4 Å². The van der Waals surface area contributed by atoms with Gasteiger partial charge in [-0.3, -0.25) is 0 Å². The molecule has 0 aliphatic rings. The maximum atomic E-state index is 5.65. The fourth-order valence-corrected chi connectivity index (χ4v) is 3.95. The van der Waals surface area contributed by atoms with Crippen molar-refractivity contribution < 1.29 is 9.47 Å². The van der Waals surface area contributed by atoms with Crippen molar-refractivity contribution in [3.05, 3.63) is 72.3 Å². The molecule has 29 heavy (non-hydrogen) atoms. The molecule has 0 saturated heterocycles. The van der Waals surface area contributed by atoms with E-state index in [0.29, 0.717) is 13.2 Å². The SMILES string of the molecule is CCOc1cc(NCc2cccc(Nc3nc4ccccc4s3)c2)ccc1OC. The van der Waals surface area contributed by atoms with Crippen LogP contribution in [0.2, 0.25) is 0 Å². The van der Waals surface area contributed by atoms with Crippen LogP contribution < -0.4 is 20.1 Å². The molecule has 0 saturated carbocycles. The predicted molar refractivity (Wildman–Crippen MR) is 121 cm³/mol. The normalized spacial score (nSPS) is 10.7. The van der Waals surface area contributed by atoms with Gasteiger partial charge >= 0.3 is 0 Å². The van der Waals surface area contributed by atoms with Gasteiger partial charge < -0.3 is 20.1 Å². The number of aromatic nitrogens is 1. The van der Waals surface area contributed by atoms with Crippen molar-refractivity contribution in [2.45, 2.75) is 13.5 Å². The minimum Gasteiger partial charge on any atom is -0.493 e. The molecular weight excluding hydrogens is 382 g/mol. The molecule has 0 atom stereocenters. The average molecular weight is 406 g/mol. The number of fused-ring (bicyclic) bond motifs is 1. The number of ether oxygens (including phenoxy) is 2. The number of hydrogen-bond acceptors (Lipinski definition) is 6. The number of para-hydroxylation sites is 1. The molecule has 0 aliphatic carbocycles. The van der Waals surface area contributed by atoms with Crippen molar-refractivity contribution in [3.8, 4) is 11.5 Å². The van der Waals surface area contributed by atoms with Crippen molar-refractivity contribution in [2.75, 3.05) is 24.4 Å². The Kier molecular flexibility index (Phi) is 5.81. The summed E-state index contributed by atoms with van der Waals surface area (Å²) >= 11 is 1.65. The molecule has 1 heterocycles. The fraction of sp³-hybridized carbons (Fsp3) is 0.174.